The summed E-state index contributed by atoms with van der Waals surface area (Å²) in [7, 11) is 0. The van der Waals surface area contributed by atoms with E-state index in [9.17, 15) is 9.90 Å². The predicted molar refractivity (Wildman–Crippen MR) is 79.6 cm³/mol. The number of hydrogen-bond donors (Lipinski definition) is 3. The molecule has 0 aliphatic rings. The molecule has 2 atom stereocenters. The van der Waals surface area contributed by atoms with Gasteiger partial charge in [-0.05, 0) is 23.8 Å². The second-order valence-electron chi connectivity index (χ2n) is 5.15. The zero-order chi connectivity index (χ0) is 14.3. The van der Waals surface area contributed by atoms with Gasteiger partial charge in [-0.1, -0.05) is 26.8 Å². The molecule has 2 unspecified atom stereocenters. The van der Waals surface area contributed by atoms with E-state index in [0.29, 0.717) is 25.4 Å². The molecule has 5 heteroatoms. The molecule has 3 N–H and O–H groups in total. The van der Waals surface area contributed by atoms with Crippen LogP contribution in [0.2, 0.25) is 0 Å². The third-order valence-electron chi connectivity index (χ3n) is 3.09. The quantitative estimate of drug-likeness (QED) is 0.720. The molecule has 1 aromatic heterocycles. The molecule has 4 nitrogen and oxygen atoms in total. The molecule has 0 aliphatic carbocycles. The zero-order valence-corrected chi connectivity index (χ0v) is 12.7. The first-order chi connectivity index (χ1) is 9.00. The Morgan fingerprint density at radius 2 is 2.11 bits per heavy atom. The van der Waals surface area contributed by atoms with E-state index in [0.717, 1.165) is 0 Å². The first kappa shape index (κ1) is 16.0. The standard InChI is InChI=1S/C14H24N2O2S/c1-10(2)12(17)6-7-15-14(18)16-9-11(3)13-5-4-8-19-13/h4-5,8,10-12,17H,6-7,9H2,1-3H3,(H2,15,16,18). The van der Waals surface area contributed by atoms with Gasteiger partial charge in [0.25, 0.3) is 0 Å². The van der Waals surface area contributed by atoms with Crippen LogP contribution in [0.3, 0.4) is 0 Å². The molecule has 19 heavy (non-hydrogen) atoms. The maximum absolute atomic E-state index is 11.6. The zero-order valence-electron chi connectivity index (χ0n) is 11.8. The van der Waals surface area contributed by atoms with E-state index < -0.39 is 0 Å². The van der Waals surface area contributed by atoms with E-state index >= 15 is 0 Å². The molecule has 2 amide bonds. The molecule has 1 heterocycles. The lowest BCUT2D eigenvalue weighted by atomic mass is 10.0. The van der Waals surface area contributed by atoms with Crippen LogP contribution in [0.5, 0.6) is 0 Å². The fraction of sp³-hybridized carbons (Fsp3) is 0.643. The second-order valence-corrected chi connectivity index (χ2v) is 6.13. The van der Waals surface area contributed by atoms with Crippen molar-refractivity contribution >= 4 is 17.4 Å². The minimum Gasteiger partial charge on any atom is -0.393 e. The van der Waals surface area contributed by atoms with E-state index in [1.54, 1.807) is 11.3 Å². The molecular weight excluding hydrogens is 260 g/mol. The van der Waals surface area contributed by atoms with E-state index in [2.05, 4.69) is 23.6 Å². The van der Waals surface area contributed by atoms with Crippen LogP contribution in [0.15, 0.2) is 17.5 Å². The van der Waals surface area contributed by atoms with Gasteiger partial charge in [0, 0.05) is 23.9 Å². The van der Waals surface area contributed by atoms with Gasteiger partial charge in [-0.15, -0.1) is 11.3 Å². The lowest BCUT2D eigenvalue weighted by Gasteiger charge is -2.15. The Morgan fingerprint density at radius 1 is 1.37 bits per heavy atom. The van der Waals surface area contributed by atoms with Crippen LogP contribution in [-0.2, 0) is 0 Å². The first-order valence-electron chi connectivity index (χ1n) is 6.74. The highest BCUT2D eigenvalue weighted by Crippen LogP contribution is 2.19. The molecule has 0 aliphatic heterocycles. The van der Waals surface area contributed by atoms with Crippen LogP contribution in [0.4, 0.5) is 4.79 Å². The van der Waals surface area contributed by atoms with Gasteiger partial charge in [0.2, 0.25) is 0 Å². The van der Waals surface area contributed by atoms with Crippen molar-refractivity contribution in [1.29, 1.82) is 0 Å². The van der Waals surface area contributed by atoms with Gasteiger partial charge in [0.05, 0.1) is 6.10 Å². The van der Waals surface area contributed by atoms with Crippen LogP contribution in [0.25, 0.3) is 0 Å². The van der Waals surface area contributed by atoms with Crippen molar-refractivity contribution in [3.05, 3.63) is 22.4 Å². The number of aliphatic hydroxyl groups is 1. The Bertz CT molecular complexity index is 366. The van der Waals surface area contributed by atoms with Gasteiger partial charge in [-0.2, -0.15) is 0 Å². The highest BCUT2D eigenvalue weighted by Gasteiger charge is 2.10. The van der Waals surface area contributed by atoms with Crippen molar-refractivity contribution in [3.8, 4) is 0 Å². The molecular formula is C14H24N2O2S. The molecule has 1 rings (SSSR count). The Balaban J connectivity index is 2.14. The minimum atomic E-state index is -0.356. The Kier molecular flexibility index (Phi) is 6.87. The Morgan fingerprint density at radius 3 is 2.68 bits per heavy atom. The predicted octanol–water partition coefficient (Wildman–Crippen LogP) is 2.56. The number of nitrogens with one attached hydrogen (secondary N) is 2. The van der Waals surface area contributed by atoms with Gasteiger partial charge in [0.1, 0.15) is 0 Å². The fourth-order valence-corrected chi connectivity index (χ4v) is 2.43. The molecule has 0 fully saturated rings. The largest absolute Gasteiger partial charge is 0.393 e. The number of hydrogen-bond acceptors (Lipinski definition) is 3. The molecule has 0 saturated heterocycles. The third-order valence-corrected chi connectivity index (χ3v) is 4.20. The highest BCUT2D eigenvalue weighted by atomic mass is 32.1. The van der Waals surface area contributed by atoms with Crippen molar-refractivity contribution in [1.82, 2.24) is 10.6 Å². The molecule has 0 spiro atoms. The molecule has 0 bridgehead atoms. The number of carbonyl (C=O) groups is 1. The van der Waals surface area contributed by atoms with Crippen LogP contribution < -0.4 is 10.6 Å². The molecule has 0 radical (unpaired) electrons. The summed E-state index contributed by atoms with van der Waals surface area (Å²) in [5, 5.41) is 17.3. The van der Waals surface area contributed by atoms with E-state index in [-0.39, 0.29) is 18.1 Å². The summed E-state index contributed by atoms with van der Waals surface area (Å²) in [6.07, 6.45) is 0.233. The van der Waals surface area contributed by atoms with Crippen molar-refractivity contribution in [2.24, 2.45) is 5.92 Å². The Labute approximate surface area is 119 Å². The van der Waals surface area contributed by atoms with Crippen LogP contribution in [0, 0.1) is 5.92 Å². The summed E-state index contributed by atoms with van der Waals surface area (Å²) in [6.45, 7) is 7.15. The number of carbonyl (C=O) groups excluding carboxylic acids is 1. The van der Waals surface area contributed by atoms with Crippen LogP contribution in [-0.4, -0.2) is 30.3 Å². The van der Waals surface area contributed by atoms with Crippen LogP contribution >= 0.6 is 11.3 Å². The second kappa shape index (κ2) is 8.17. The molecule has 108 valence electrons. The summed E-state index contributed by atoms with van der Waals surface area (Å²) in [5.41, 5.74) is 0. The summed E-state index contributed by atoms with van der Waals surface area (Å²) < 4.78 is 0. The lowest BCUT2D eigenvalue weighted by Crippen LogP contribution is -2.38. The number of aliphatic hydroxyl groups excluding tert-OH is 1. The van der Waals surface area contributed by atoms with E-state index in [1.165, 1.54) is 4.88 Å². The first-order valence-corrected chi connectivity index (χ1v) is 7.61. The summed E-state index contributed by atoms with van der Waals surface area (Å²) in [5.74, 6) is 0.552. The molecule has 1 aromatic rings. The smallest absolute Gasteiger partial charge is 0.314 e. The third kappa shape index (κ3) is 6.07. The summed E-state index contributed by atoms with van der Waals surface area (Å²) >= 11 is 1.70. The average molecular weight is 284 g/mol. The van der Waals surface area contributed by atoms with Gasteiger partial charge in [-0.3, -0.25) is 0 Å². The highest BCUT2D eigenvalue weighted by molar-refractivity contribution is 7.10. The van der Waals surface area contributed by atoms with Gasteiger partial charge >= 0.3 is 6.03 Å². The topological polar surface area (TPSA) is 61.4 Å². The monoisotopic (exact) mass is 284 g/mol. The van der Waals surface area contributed by atoms with Crippen molar-refractivity contribution in [3.63, 3.8) is 0 Å². The van der Waals surface area contributed by atoms with Crippen molar-refractivity contribution in [2.45, 2.75) is 39.2 Å². The summed E-state index contributed by atoms with van der Waals surface area (Å²) in [4.78, 5) is 12.8. The number of thiophene rings is 1. The molecule has 0 saturated carbocycles. The lowest BCUT2D eigenvalue weighted by molar-refractivity contribution is 0.116. The normalized spacial score (nSPS) is 14.2. The molecule has 0 aromatic carbocycles. The van der Waals surface area contributed by atoms with Crippen molar-refractivity contribution < 1.29 is 9.90 Å². The number of rotatable bonds is 7. The number of urea groups is 1. The van der Waals surface area contributed by atoms with Gasteiger partial charge < -0.3 is 15.7 Å². The van der Waals surface area contributed by atoms with E-state index in [1.807, 2.05) is 25.3 Å². The Hall–Kier alpha value is -1.07. The SMILES string of the molecule is CC(CNC(=O)NCCC(O)C(C)C)c1cccs1. The maximum atomic E-state index is 11.6. The summed E-state index contributed by atoms with van der Waals surface area (Å²) in [6, 6.07) is 3.93. The maximum Gasteiger partial charge on any atom is 0.314 e. The average Bonchev–Trinajstić information content (AvgIpc) is 2.89. The van der Waals surface area contributed by atoms with Gasteiger partial charge in [0.15, 0.2) is 0 Å². The minimum absolute atomic E-state index is 0.167. The number of amides is 2. The fourth-order valence-electron chi connectivity index (χ4n) is 1.65. The van der Waals surface area contributed by atoms with Crippen LogP contribution in [0.1, 0.15) is 38.0 Å². The van der Waals surface area contributed by atoms with E-state index in [4.69, 9.17) is 0 Å². The van der Waals surface area contributed by atoms with Gasteiger partial charge in [-0.25, -0.2) is 4.79 Å². The van der Waals surface area contributed by atoms with Crippen molar-refractivity contribution in [2.75, 3.05) is 13.1 Å².